The molecule has 1 fully saturated rings. The number of carbonyl (C=O) groups is 2. The molecule has 1 N–H and O–H groups in total. The Kier molecular flexibility index (Phi) is 5.60. The maximum absolute atomic E-state index is 13.1. The summed E-state index contributed by atoms with van der Waals surface area (Å²) in [4.78, 5) is 26.8. The van der Waals surface area contributed by atoms with E-state index in [4.69, 9.17) is 26.4 Å². The van der Waals surface area contributed by atoms with Crippen molar-refractivity contribution in [2.24, 2.45) is 0 Å². The summed E-state index contributed by atoms with van der Waals surface area (Å²) in [6.07, 6.45) is 1.46. The molecule has 28 heavy (non-hydrogen) atoms. The van der Waals surface area contributed by atoms with E-state index in [-0.39, 0.29) is 10.7 Å². The van der Waals surface area contributed by atoms with Crippen molar-refractivity contribution in [3.63, 3.8) is 0 Å². The third-order valence-electron chi connectivity index (χ3n) is 4.15. The summed E-state index contributed by atoms with van der Waals surface area (Å²) in [5.41, 5.74) is 0.974. The molecule has 1 aliphatic rings. The van der Waals surface area contributed by atoms with Gasteiger partial charge in [0.2, 0.25) is 0 Å². The number of carbonyl (C=O) groups excluding carboxylic acids is 2. The number of amides is 2. The Hall–Kier alpha value is -3.39. The number of thiocarbonyl (C=S) groups is 1. The van der Waals surface area contributed by atoms with E-state index in [1.807, 2.05) is 0 Å². The van der Waals surface area contributed by atoms with Crippen LogP contribution in [0.15, 0.2) is 48.0 Å². The van der Waals surface area contributed by atoms with E-state index in [2.05, 4.69) is 5.32 Å². The first-order valence-corrected chi connectivity index (χ1v) is 8.67. The molecule has 1 saturated heterocycles. The van der Waals surface area contributed by atoms with E-state index in [1.54, 1.807) is 42.5 Å². The second-order valence-corrected chi connectivity index (χ2v) is 6.15. The summed E-state index contributed by atoms with van der Waals surface area (Å²) < 4.78 is 15.7. The molecule has 7 nitrogen and oxygen atoms in total. The molecule has 0 aliphatic carbocycles. The number of benzene rings is 2. The lowest BCUT2D eigenvalue weighted by atomic mass is 10.1. The molecule has 2 amide bonds. The van der Waals surface area contributed by atoms with Crippen molar-refractivity contribution in [2.45, 2.75) is 0 Å². The van der Waals surface area contributed by atoms with E-state index in [9.17, 15) is 9.59 Å². The van der Waals surface area contributed by atoms with Gasteiger partial charge in [-0.25, -0.2) is 0 Å². The zero-order valence-corrected chi connectivity index (χ0v) is 16.3. The highest BCUT2D eigenvalue weighted by Crippen LogP contribution is 2.29. The standard InChI is InChI=1S/C20H18N2O5S/c1-25-14-6-4-5-13(10-14)22-19(24)16(18(23)21-20(22)28)9-12-7-8-15(26-2)11-17(12)27-3/h4-11H,1-3H3,(H,21,23,28)/b16-9-. The molecule has 0 aromatic heterocycles. The Balaban J connectivity index is 2.04. The van der Waals surface area contributed by atoms with Crippen molar-refractivity contribution in [3.8, 4) is 17.2 Å². The molecule has 0 spiro atoms. The van der Waals surface area contributed by atoms with Gasteiger partial charge in [0.25, 0.3) is 11.8 Å². The molecular formula is C20H18N2O5S. The van der Waals surface area contributed by atoms with Gasteiger partial charge >= 0.3 is 0 Å². The van der Waals surface area contributed by atoms with Gasteiger partial charge in [-0.3, -0.25) is 19.8 Å². The summed E-state index contributed by atoms with van der Waals surface area (Å²) >= 11 is 5.21. The van der Waals surface area contributed by atoms with Crippen LogP contribution < -0.4 is 24.4 Å². The minimum Gasteiger partial charge on any atom is -0.497 e. The first-order chi connectivity index (χ1) is 13.5. The molecule has 1 aliphatic heterocycles. The largest absolute Gasteiger partial charge is 0.497 e. The number of rotatable bonds is 5. The van der Waals surface area contributed by atoms with Crippen molar-refractivity contribution < 1.29 is 23.8 Å². The Morgan fingerprint density at radius 1 is 0.964 bits per heavy atom. The van der Waals surface area contributed by atoms with Crippen LogP contribution in [-0.2, 0) is 9.59 Å². The molecule has 0 radical (unpaired) electrons. The Morgan fingerprint density at radius 2 is 1.68 bits per heavy atom. The zero-order valence-electron chi connectivity index (χ0n) is 15.5. The van der Waals surface area contributed by atoms with Crippen LogP contribution in [0.2, 0.25) is 0 Å². The van der Waals surface area contributed by atoms with Gasteiger partial charge in [-0.15, -0.1) is 0 Å². The number of methoxy groups -OCH3 is 3. The van der Waals surface area contributed by atoms with Gasteiger partial charge in [-0.1, -0.05) is 6.07 Å². The monoisotopic (exact) mass is 398 g/mol. The molecule has 1 heterocycles. The molecule has 2 aromatic rings. The van der Waals surface area contributed by atoms with Crippen molar-refractivity contribution in [3.05, 3.63) is 53.6 Å². The van der Waals surface area contributed by atoms with Crippen molar-refractivity contribution in [1.29, 1.82) is 0 Å². The fourth-order valence-electron chi connectivity index (χ4n) is 2.73. The number of nitrogens with one attached hydrogen (secondary N) is 1. The number of nitrogens with zero attached hydrogens (tertiary/aromatic N) is 1. The average Bonchev–Trinajstić information content (AvgIpc) is 2.71. The fraction of sp³-hybridized carbons (Fsp3) is 0.150. The number of anilines is 1. The third-order valence-corrected chi connectivity index (χ3v) is 4.44. The topological polar surface area (TPSA) is 77.1 Å². The summed E-state index contributed by atoms with van der Waals surface area (Å²) in [5, 5.41) is 2.55. The summed E-state index contributed by atoms with van der Waals surface area (Å²) in [6, 6.07) is 11.9. The van der Waals surface area contributed by atoms with Gasteiger partial charge in [0, 0.05) is 17.7 Å². The van der Waals surface area contributed by atoms with Crippen LogP contribution in [0.3, 0.4) is 0 Å². The van der Waals surface area contributed by atoms with E-state index in [0.29, 0.717) is 28.5 Å². The first kappa shape index (κ1) is 19.4. The molecule has 0 atom stereocenters. The van der Waals surface area contributed by atoms with Crippen LogP contribution in [0.5, 0.6) is 17.2 Å². The third kappa shape index (κ3) is 3.67. The molecule has 0 bridgehead atoms. The van der Waals surface area contributed by atoms with Crippen molar-refractivity contribution in [2.75, 3.05) is 26.2 Å². The summed E-state index contributed by atoms with van der Waals surface area (Å²) in [6.45, 7) is 0. The predicted octanol–water partition coefficient (Wildman–Crippen LogP) is 2.54. The van der Waals surface area contributed by atoms with Crippen LogP contribution in [-0.4, -0.2) is 38.3 Å². The lowest BCUT2D eigenvalue weighted by Gasteiger charge is -2.29. The minimum atomic E-state index is -0.577. The van der Waals surface area contributed by atoms with Gasteiger partial charge in [0.05, 0.1) is 27.0 Å². The van der Waals surface area contributed by atoms with Crippen LogP contribution in [0.25, 0.3) is 6.08 Å². The second kappa shape index (κ2) is 8.10. The lowest BCUT2D eigenvalue weighted by molar-refractivity contribution is -0.122. The summed E-state index contributed by atoms with van der Waals surface area (Å²) in [5.74, 6) is 0.505. The minimum absolute atomic E-state index is 0.00194. The Labute approximate surface area is 167 Å². The number of ether oxygens (including phenoxy) is 3. The van der Waals surface area contributed by atoms with Crippen molar-refractivity contribution in [1.82, 2.24) is 5.32 Å². The molecule has 2 aromatic carbocycles. The molecule has 8 heteroatoms. The average molecular weight is 398 g/mol. The van der Waals surface area contributed by atoms with Crippen LogP contribution in [0, 0.1) is 0 Å². The van der Waals surface area contributed by atoms with Gasteiger partial charge in [0.1, 0.15) is 22.8 Å². The molecule has 0 saturated carbocycles. The zero-order chi connectivity index (χ0) is 20.3. The quantitative estimate of drug-likeness (QED) is 0.474. The van der Waals surface area contributed by atoms with E-state index in [0.717, 1.165) is 0 Å². The maximum Gasteiger partial charge on any atom is 0.270 e. The molecule has 0 unspecified atom stereocenters. The van der Waals surface area contributed by atoms with Crippen molar-refractivity contribution >= 4 is 40.9 Å². The van der Waals surface area contributed by atoms with Crippen LogP contribution in [0.4, 0.5) is 5.69 Å². The van der Waals surface area contributed by atoms with Crippen LogP contribution >= 0.6 is 12.2 Å². The maximum atomic E-state index is 13.1. The van der Waals surface area contributed by atoms with Gasteiger partial charge in [0.15, 0.2) is 5.11 Å². The predicted molar refractivity (Wildman–Crippen MR) is 109 cm³/mol. The van der Waals surface area contributed by atoms with Gasteiger partial charge in [-0.05, 0) is 42.6 Å². The van der Waals surface area contributed by atoms with Gasteiger partial charge in [-0.2, -0.15) is 0 Å². The highest BCUT2D eigenvalue weighted by Gasteiger charge is 2.34. The lowest BCUT2D eigenvalue weighted by Crippen LogP contribution is -2.54. The normalized spacial score (nSPS) is 15.5. The highest BCUT2D eigenvalue weighted by molar-refractivity contribution is 7.80. The second-order valence-electron chi connectivity index (χ2n) is 5.77. The van der Waals surface area contributed by atoms with E-state index in [1.165, 1.54) is 32.3 Å². The number of hydrogen-bond donors (Lipinski definition) is 1. The number of hydrogen-bond acceptors (Lipinski definition) is 6. The smallest absolute Gasteiger partial charge is 0.270 e. The Morgan fingerprint density at radius 3 is 2.36 bits per heavy atom. The fourth-order valence-corrected chi connectivity index (χ4v) is 3.02. The van der Waals surface area contributed by atoms with E-state index >= 15 is 0 Å². The molecule has 3 rings (SSSR count). The SMILES string of the molecule is COc1cccc(N2C(=O)/C(=C\c3ccc(OC)cc3OC)C(=O)NC2=S)c1. The van der Waals surface area contributed by atoms with E-state index < -0.39 is 11.8 Å². The Bertz CT molecular complexity index is 986. The first-order valence-electron chi connectivity index (χ1n) is 8.26. The summed E-state index contributed by atoms with van der Waals surface area (Å²) in [7, 11) is 4.56. The molecular weight excluding hydrogens is 380 g/mol. The van der Waals surface area contributed by atoms with Crippen LogP contribution in [0.1, 0.15) is 5.56 Å². The molecule has 144 valence electrons. The highest BCUT2D eigenvalue weighted by atomic mass is 32.1. The van der Waals surface area contributed by atoms with Gasteiger partial charge < -0.3 is 14.2 Å².